The number of aryl methyl sites for hydroxylation is 2. The molecule has 1 fully saturated rings. The van der Waals surface area contributed by atoms with Crippen LogP contribution in [0.2, 0.25) is 0 Å². The molecule has 0 spiro atoms. The van der Waals surface area contributed by atoms with Crippen LogP contribution >= 0.6 is 0 Å². The third-order valence-electron chi connectivity index (χ3n) is 4.58. The van der Waals surface area contributed by atoms with Crippen LogP contribution in [-0.2, 0) is 11.3 Å². The van der Waals surface area contributed by atoms with Gasteiger partial charge in [-0.1, -0.05) is 6.07 Å². The second-order valence-electron chi connectivity index (χ2n) is 6.48. The van der Waals surface area contributed by atoms with Gasteiger partial charge in [0, 0.05) is 31.9 Å². The highest BCUT2D eigenvalue weighted by atomic mass is 16.3. The zero-order valence-electron chi connectivity index (χ0n) is 14.4. The van der Waals surface area contributed by atoms with Crippen LogP contribution in [0, 0.1) is 13.8 Å². The highest BCUT2D eigenvalue weighted by Gasteiger charge is 2.19. The van der Waals surface area contributed by atoms with E-state index in [1.807, 2.05) is 30.3 Å². The highest BCUT2D eigenvalue weighted by molar-refractivity contribution is 5.92. The van der Waals surface area contributed by atoms with Crippen molar-refractivity contribution in [2.75, 3.05) is 38.0 Å². The first-order valence-corrected chi connectivity index (χ1v) is 8.44. The molecule has 0 bridgehead atoms. The van der Waals surface area contributed by atoms with Crippen molar-refractivity contribution in [3.63, 3.8) is 0 Å². The monoisotopic (exact) mass is 327 g/mol. The molecule has 128 valence electrons. The van der Waals surface area contributed by atoms with E-state index in [4.69, 9.17) is 4.42 Å². The molecule has 1 aliphatic rings. The van der Waals surface area contributed by atoms with E-state index in [9.17, 15) is 4.79 Å². The van der Waals surface area contributed by atoms with Crippen LogP contribution in [0.25, 0.3) is 0 Å². The number of rotatable bonds is 5. The van der Waals surface area contributed by atoms with Crippen molar-refractivity contribution < 1.29 is 9.21 Å². The van der Waals surface area contributed by atoms with Gasteiger partial charge in [-0.3, -0.25) is 14.6 Å². The van der Waals surface area contributed by atoms with E-state index in [1.165, 1.54) is 11.1 Å². The van der Waals surface area contributed by atoms with Crippen LogP contribution in [0.3, 0.4) is 0 Å². The Kier molecular flexibility index (Phi) is 5.33. The van der Waals surface area contributed by atoms with Crippen LogP contribution in [0.5, 0.6) is 0 Å². The van der Waals surface area contributed by atoms with Gasteiger partial charge in [0.1, 0.15) is 5.76 Å². The van der Waals surface area contributed by atoms with Gasteiger partial charge in [0.15, 0.2) is 0 Å². The van der Waals surface area contributed by atoms with Gasteiger partial charge in [0.2, 0.25) is 5.91 Å². The summed E-state index contributed by atoms with van der Waals surface area (Å²) in [6, 6.07) is 9.94. The maximum atomic E-state index is 12.2. The number of nitrogens with zero attached hydrogens (tertiary/aromatic N) is 2. The zero-order valence-corrected chi connectivity index (χ0v) is 14.4. The zero-order chi connectivity index (χ0) is 16.9. The van der Waals surface area contributed by atoms with Gasteiger partial charge in [-0.15, -0.1) is 0 Å². The lowest BCUT2D eigenvalue weighted by molar-refractivity contribution is -0.117. The number of carbonyl (C=O) groups excluding carboxylic acids is 1. The average Bonchev–Trinajstić information content (AvgIpc) is 3.06. The van der Waals surface area contributed by atoms with E-state index in [1.54, 1.807) is 6.26 Å². The normalized spacial score (nSPS) is 16.2. The molecule has 0 aliphatic carbocycles. The second kappa shape index (κ2) is 7.64. The summed E-state index contributed by atoms with van der Waals surface area (Å²) in [5, 5.41) is 3.00. The Bertz CT molecular complexity index is 674. The van der Waals surface area contributed by atoms with Gasteiger partial charge >= 0.3 is 0 Å². The lowest BCUT2D eigenvalue weighted by Gasteiger charge is -2.33. The van der Waals surface area contributed by atoms with E-state index in [0.29, 0.717) is 6.54 Å². The molecule has 1 N–H and O–H groups in total. The summed E-state index contributed by atoms with van der Waals surface area (Å²) in [5.41, 5.74) is 3.31. The summed E-state index contributed by atoms with van der Waals surface area (Å²) < 4.78 is 5.39. The fraction of sp³-hybridized carbons (Fsp3) is 0.421. The highest BCUT2D eigenvalue weighted by Crippen LogP contribution is 2.14. The summed E-state index contributed by atoms with van der Waals surface area (Å²) in [5.74, 6) is 1.05. The van der Waals surface area contributed by atoms with Crippen LogP contribution in [0.1, 0.15) is 16.9 Å². The smallest absolute Gasteiger partial charge is 0.238 e. The Morgan fingerprint density at radius 2 is 1.83 bits per heavy atom. The van der Waals surface area contributed by atoms with Gasteiger partial charge in [-0.25, -0.2) is 0 Å². The average molecular weight is 327 g/mol. The number of anilines is 1. The predicted molar refractivity (Wildman–Crippen MR) is 95.0 cm³/mol. The first-order valence-electron chi connectivity index (χ1n) is 8.44. The molecule has 0 radical (unpaired) electrons. The van der Waals surface area contributed by atoms with Crippen molar-refractivity contribution in [2.24, 2.45) is 0 Å². The van der Waals surface area contributed by atoms with Crippen LogP contribution < -0.4 is 5.32 Å². The molecular weight excluding hydrogens is 302 g/mol. The molecular formula is C19H25N3O2. The van der Waals surface area contributed by atoms with Crippen LogP contribution in [-0.4, -0.2) is 48.4 Å². The van der Waals surface area contributed by atoms with Gasteiger partial charge in [0.25, 0.3) is 0 Å². The van der Waals surface area contributed by atoms with E-state index in [2.05, 4.69) is 29.0 Å². The first-order chi connectivity index (χ1) is 11.6. The molecule has 24 heavy (non-hydrogen) atoms. The standard InChI is InChI=1S/C19H25N3O2/c1-15-5-6-17(12-16(15)2)20-19(23)14-22-9-7-21(8-10-22)13-18-4-3-11-24-18/h3-6,11-12H,7-10,13-14H2,1-2H3,(H,20,23). The minimum atomic E-state index is 0.0535. The second-order valence-corrected chi connectivity index (χ2v) is 6.48. The minimum Gasteiger partial charge on any atom is -0.468 e. The number of carbonyl (C=O) groups is 1. The number of piperazine rings is 1. The van der Waals surface area contributed by atoms with Crippen molar-refractivity contribution in [1.82, 2.24) is 9.80 Å². The molecule has 1 aromatic carbocycles. The Morgan fingerprint density at radius 3 is 2.50 bits per heavy atom. The van der Waals surface area contributed by atoms with Crippen molar-refractivity contribution in [1.29, 1.82) is 0 Å². The van der Waals surface area contributed by atoms with E-state index < -0.39 is 0 Å². The SMILES string of the molecule is Cc1ccc(NC(=O)CN2CCN(Cc3ccco3)CC2)cc1C. The third kappa shape index (κ3) is 4.46. The maximum absolute atomic E-state index is 12.2. The predicted octanol–water partition coefficient (Wildman–Crippen LogP) is 2.65. The third-order valence-corrected chi connectivity index (χ3v) is 4.58. The van der Waals surface area contributed by atoms with E-state index >= 15 is 0 Å². The molecule has 3 rings (SSSR count). The van der Waals surface area contributed by atoms with Gasteiger partial charge in [-0.2, -0.15) is 0 Å². The molecule has 2 aromatic rings. The molecule has 1 aromatic heterocycles. The summed E-state index contributed by atoms with van der Waals surface area (Å²) >= 11 is 0. The summed E-state index contributed by atoms with van der Waals surface area (Å²) in [6.07, 6.45) is 1.71. The Labute approximate surface area is 143 Å². The molecule has 0 unspecified atom stereocenters. The molecule has 0 saturated carbocycles. The van der Waals surface area contributed by atoms with Crippen molar-refractivity contribution in [3.05, 3.63) is 53.5 Å². The molecule has 2 heterocycles. The lowest BCUT2D eigenvalue weighted by atomic mass is 10.1. The molecule has 1 amide bonds. The fourth-order valence-corrected chi connectivity index (χ4v) is 2.95. The van der Waals surface area contributed by atoms with Crippen molar-refractivity contribution in [2.45, 2.75) is 20.4 Å². The number of benzene rings is 1. The quantitative estimate of drug-likeness (QED) is 0.917. The largest absolute Gasteiger partial charge is 0.468 e. The Hall–Kier alpha value is -2.11. The lowest BCUT2D eigenvalue weighted by Crippen LogP contribution is -2.48. The van der Waals surface area contributed by atoms with E-state index in [-0.39, 0.29) is 5.91 Å². The number of hydrogen-bond donors (Lipinski definition) is 1. The maximum Gasteiger partial charge on any atom is 0.238 e. The molecule has 1 aliphatic heterocycles. The first kappa shape index (κ1) is 16.7. The summed E-state index contributed by atoms with van der Waals surface area (Å²) in [7, 11) is 0. The summed E-state index contributed by atoms with van der Waals surface area (Å²) in [6.45, 7) is 9.14. The molecule has 1 saturated heterocycles. The molecule has 5 nitrogen and oxygen atoms in total. The number of amides is 1. The van der Waals surface area contributed by atoms with Crippen LogP contribution in [0.15, 0.2) is 41.0 Å². The Balaban J connectivity index is 1.43. The topological polar surface area (TPSA) is 48.7 Å². The van der Waals surface area contributed by atoms with Gasteiger partial charge in [-0.05, 0) is 49.2 Å². The number of nitrogens with one attached hydrogen (secondary N) is 1. The van der Waals surface area contributed by atoms with Gasteiger partial charge in [0.05, 0.1) is 19.4 Å². The fourth-order valence-electron chi connectivity index (χ4n) is 2.95. The van der Waals surface area contributed by atoms with Crippen molar-refractivity contribution in [3.8, 4) is 0 Å². The summed E-state index contributed by atoms with van der Waals surface area (Å²) in [4.78, 5) is 16.8. The Morgan fingerprint density at radius 1 is 1.08 bits per heavy atom. The minimum absolute atomic E-state index is 0.0535. The number of hydrogen-bond acceptors (Lipinski definition) is 4. The molecule has 0 atom stereocenters. The van der Waals surface area contributed by atoms with Crippen molar-refractivity contribution >= 4 is 11.6 Å². The number of furan rings is 1. The molecule has 5 heteroatoms. The van der Waals surface area contributed by atoms with Crippen LogP contribution in [0.4, 0.5) is 5.69 Å². The van der Waals surface area contributed by atoms with E-state index in [0.717, 1.165) is 44.2 Å². The van der Waals surface area contributed by atoms with Gasteiger partial charge < -0.3 is 9.73 Å².